The number of carbonyl (C=O) groups excluding carboxylic acids is 3. The van der Waals surface area contributed by atoms with E-state index in [0.717, 1.165) is 21.4 Å². The summed E-state index contributed by atoms with van der Waals surface area (Å²) in [5.74, 6) is -0.142. The van der Waals surface area contributed by atoms with Gasteiger partial charge in [-0.05, 0) is 43.0 Å². The monoisotopic (exact) mass is 431 g/mol. The van der Waals surface area contributed by atoms with Crippen molar-refractivity contribution in [2.45, 2.75) is 19.4 Å². The molecule has 4 amide bonds. The van der Waals surface area contributed by atoms with Crippen molar-refractivity contribution < 1.29 is 19.1 Å². The second-order valence-corrected chi connectivity index (χ2v) is 7.81. The van der Waals surface area contributed by atoms with Gasteiger partial charge in [-0.3, -0.25) is 14.5 Å². The smallest absolute Gasteiger partial charge is 0.325 e. The number of hydrogen-bond donors (Lipinski definition) is 1. The largest absolute Gasteiger partial charge is 0.497 e. The lowest BCUT2D eigenvalue weighted by Crippen LogP contribution is -2.44. The zero-order valence-corrected chi connectivity index (χ0v) is 18.3. The summed E-state index contributed by atoms with van der Waals surface area (Å²) in [5, 5.41) is 4.69. The fraction of sp³-hybridized carbons (Fsp3) is 0.240. The van der Waals surface area contributed by atoms with E-state index in [1.54, 1.807) is 43.2 Å². The molecule has 32 heavy (non-hydrogen) atoms. The number of imide groups is 1. The molecule has 1 unspecified atom stereocenters. The Morgan fingerprint density at radius 2 is 1.72 bits per heavy atom. The highest BCUT2D eigenvalue weighted by atomic mass is 16.5. The van der Waals surface area contributed by atoms with Crippen LogP contribution in [0.3, 0.4) is 0 Å². The van der Waals surface area contributed by atoms with Gasteiger partial charge in [-0.25, -0.2) is 4.79 Å². The first-order chi connectivity index (χ1) is 15.4. The van der Waals surface area contributed by atoms with Crippen LogP contribution in [0.5, 0.6) is 5.75 Å². The summed E-state index contributed by atoms with van der Waals surface area (Å²) in [7, 11) is 1.56. The predicted octanol–water partition coefficient (Wildman–Crippen LogP) is 3.67. The molecule has 3 aromatic carbocycles. The number of likely N-dealkylation sites (N-methyl/N-ethyl adjacent to an activating group) is 1. The second kappa shape index (κ2) is 8.34. The van der Waals surface area contributed by atoms with E-state index in [-0.39, 0.29) is 12.5 Å². The van der Waals surface area contributed by atoms with E-state index in [1.165, 1.54) is 0 Å². The van der Waals surface area contributed by atoms with Crippen molar-refractivity contribution >= 4 is 34.3 Å². The maximum Gasteiger partial charge on any atom is 0.325 e. The molecule has 4 rings (SSSR count). The molecule has 7 heteroatoms. The summed E-state index contributed by atoms with van der Waals surface area (Å²) < 4.78 is 5.16. The summed E-state index contributed by atoms with van der Waals surface area (Å²) in [6, 6.07) is 19.9. The molecule has 164 valence electrons. The number of ether oxygens (including phenoxy) is 1. The molecule has 7 nitrogen and oxygen atoms in total. The molecule has 1 saturated heterocycles. The van der Waals surface area contributed by atoms with Gasteiger partial charge >= 0.3 is 6.03 Å². The number of amides is 4. The van der Waals surface area contributed by atoms with E-state index in [0.29, 0.717) is 17.9 Å². The molecule has 0 radical (unpaired) electrons. The Balaban J connectivity index is 1.59. The van der Waals surface area contributed by atoms with Crippen LogP contribution in [0.4, 0.5) is 10.5 Å². The number of nitrogens with zero attached hydrogens (tertiary/aromatic N) is 2. The lowest BCUT2D eigenvalue weighted by molar-refractivity contribution is -0.134. The summed E-state index contributed by atoms with van der Waals surface area (Å²) in [4.78, 5) is 41.7. The third-order valence-electron chi connectivity index (χ3n) is 5.91. The molecule has 0 bridgehead atoms. The van der Waals surface area contributed by atoms with Crippen LogP contribution in [0, 0.1) is 0 Å². The Bertz CT molecular complexity index is 1190. The van der Waals surface area contributed by atoms with Crippen LogP contribution in [-0.2, 0) is 15.1 Å². The molecule has 1 aliphatic rings. The molecule has 0 aliphatic carbocycles. The number of fused-ring (bicyclic) bond motifs is 1. The molecular weight excluding hydrogens is 406 g/mol. The van der Waals surface area contributed by atoms with E-state index < -0.39 is 17.5 Å². The average Bonchev–Trinajstić information content (AvgIpc) is 3.03. The lowest BCUT2D eigenvalue weighted by atomic mass is 9.92. The molecular formula is C25H25N3O4. The molecule has 3 aromatic rings. The standard InChI is InChI=1S/C25H25N3O4/c1-4-27(21-11-7-9-17-8-5-6-10-20(17)21)22(29)16-28-23(30)25(2,26-24(28)31)18-12-14-19(32-3)15-13-18/h5-15H,4,16H2,1-3H3,(H,26,31). The first kappa shape index (κ1) is 21.4. The van der Waals surface area contributed by atoms with Crippen LogP contribution in [0.25, 0.3) is 10.8 Å². The maximum absolute atomic E-state index is 13.2. The third kappa shape index (κ3) is 3.56. The van der Waals surface area contributed by atoms with E-state index in [1.807, 2.05) is 49.4 Å². The number of urea groups is 1. The van der Waals surface area contributed by atoms with Crippen molar-refractivity contribution in [1.82, 2.24) is 10.2 Å². The quantitative estimate of drug-likeness (QED) is 0.604. The first-order valence-electron chi connectivity index (χ1n) is 10.5. The van der Waals surface area contributed by atoms with Crippen molar-refractivity contribution in [3.05, 3.63) is 72.3 Å². The number of hydrogen-bond acceptors (Lipinski definition) is 4. The van der Waals surface area contributed by atoms with Crippen molar-refractivity contribution in [1.29, 1.82) is 0 Å². The molecule has 0 aromatic heterocycles. The van der Waals surface area contributed by atoms with Crippen molar-refractivity contribution in [3.63, 3.8) is 0 Å². The summed E-state index contributed by atoms with van der Waals surface area (Å²) in [5.41, 5.74) is 0.119. The highest BCUT2D eigenvalue weighted by molar-refractivity contribution is 6.11. The van der Waals surface area contributed by atoms with Gasteiger partial charge in [-0.15, -0.1) is 0 Å². The lowest BCUT2D eigenvalue weighted by Gasteiger charge is -2.25. The number of anilines is 1. The molecule has 1 fully saturated rings. The highest BCUT2D eigenvalue weighted by Crippen LogP contribution is 2.31. The van der Waals surface area contributed by atoms with Crippen molar-refractivity contribution in [3.8, 4) is 5.75 Å². The van der Waals surface area contributed by atoms with Gasteiger partial charge in [0.1, 0.15) is 17.8 Å². The van der Waals surface area contributed by atoms with Gasteiger partial charge in [-0.2, -0.15) is 0 Å². The topological polar surface area (TPSA) is 79.0 Å². The maximum atomic E-state index is 13.2. The first-order valence-corrected chi connectivity index (χ1v) is 10.5. The van der Waals surface area contributed by atoms with Crippen LogP contribution in [0.2, 0.25) is 0 Å². The molecule has 1 N–H and O–H groups in total. The fourth-order valence-corrected chi connectivity index (χ4v) is 4.11. The van der Waals surface area contributed by atoms with E-state index in [9.17, 15) is 14.4 Å². The highest BCUT2D eigenvalue weighted by Gasteiger charge is 2.49. The summed E-state index contributed by atoms with van der Waals surface area (Å²) in [6.07, 6.45) is 0. The Morgan fingerprint density at radius 3 is 2.41 bits per heavy atom. The normalized spacial score (nSPS) is 18.0. The number of carbonyl (C=O) groups is 3. The van der Waals surface area contributed by atoms with Gasteiger partial charge in [-0.1, -0.05) is 48.5 Å². The van der Waals surface area contributed by atoms with Crippen molar-refractivity contribution in [2.75, 3.05) is 25.1 Å². The van der Waals surface area contributed by atoms with Gasteiger partial charge in [0.25, 0.3) is 5.91 Å². The van der Waals surface area contributed by atoms with Gasteiger partial charge in [0.2, 0.25) is 5.91 Å². The molecule has 1 atom stereocenters. The number of nitrogens with one attached hydrogen (secondary N) is 1. The zero-order valence-electron chi connectivity index (χ0n) is 18.3. The number of benzene rings is 3. The molecule has 0 saturated carbocycles. The SMILES string of the molecule is CCN(C(=O)CN1C(=O)NC(C)(c2ccc(OC)cc2)C1=O)c1cccc2ccccc12. The Morgan fingerprint density at radius 1 is 1.03 bits per heavy atom. The van der Waals surface area contributed by atoms with Gasteiger partial charge < -0.3 is 15.0 Å². The molecule has 0 spiro atoms. The van der Waals surface area contributed by atoms with Crippen LogP contribution in [-0.4, -0.2) is 42.9 Å². The Kier molecular flexibility index (Phi) is 5.57. The summed E-state index contributed by atoms with van der Waals surface area (Å²) in [6.45, 7) is 3.58. The van der Waals surface area contributed by atoms with Gasteiger partial charge in [0, 0.05) is 11.9 Å². The van der Waals surface area contributed by atoms with Crippen LogP contribution >= 0.6 is 0 Å². The van der Waals surface area contributed by atoms with E-state index in [4.69, 9.17) is 4.74 Å². The molecule has 1 aliphatic heterocycles. The van der Waals surface area contributed by atoms with Gasteiger partial charge in [0.15, 0.2) is 0 Å². The second-order valence-electron chi connectivity index (χ2n) is 7.81. The van der Waals surface area contributed by atoms with Crippen molar-refractivity contribution in [2.24, 2.45) is 0 Å². The van der Waals surface area contributed by atoms with E-state index >= 15 is 0 Å². The van der Waals surface area contributed by atoms with E-state index in [2.05, 4.69) is 5.32 Å². The van der Waals surface area contributed by atoms with Crippen LogP contribution in [0.15, 0.2) is 66.7 Å². The number of rotatable bonds is 6. The minimum Gasteiger partial charge on any atom is -0.497 e. The molecule has 1 heterocycles. The average molecular weight is 431 g/mol. The minimum absolute atomic E-state index is 0.327. The Labute approximate surface area is 186 Å². The Hall–Kier alpha value is -3.87. The third-order valence-corrected chi connectivity index (χ3v) is 5.91. The number of methoxy groups -OCH3 is 1. The summed E-state index contributed by atoms with van der Waals surface area (Å²) >= 11 is 0. The minimum atomic E-state index is -1.25. The predicted molar refractivity (Wildman–Crippen MR) is 123 cm³/mol. The van der Waals surface area contributed by atoms with Crippen LogP contribution < -0.4 is 15.0 Å². The fourth-order valence-electron chi connectivity index (χ4n) is 4.11. The van der Waals surface area contributed by atoms with Crippen LogP contribution in [0.1, 0.15) is 19.4 Å². The van der Waals surface area contributed by atoms with Gasteiger partial charge in [0.05, 0.1) is 12.8 Å². The zero-order chi connectivity index (χ0) is 22.9.